The van der Waals surface area contributed by atoms with Gasteiger partial charge in [0.1, 0.15) is 16.4 Å². The van der Waals surface area contributed by atoms with Crippen molar-refractivity contribution in [2.24, 2.45) is 0 Å². The highest BCUT2D eigenvalue weighted by atomic mass is 32.2. The number of rotatable bonds is 6. The Morgan fingerprint density at radius 1 is 1.22 bits per heavy atom. The third kappa shape index (κ3) is 4.12. The van der Waals surface area contributed by atoms with Gasteiger partial charge in [0, 0.05) is 18.2 Å². The van der Waals surface area contributed by atoms with Crippen LogP contribution in [0.15, 0.2) is 15.4 Å². The first-order valence-corrected chi connectivity index (χ1v) is 7.55. The van der Waals surface area contributed by atoms with Gasteiger partial charge in [0.25, 0.3) is 0 Å². The standard InChI is InChI=1S/C12H22N2O3S/c1-8(2)13-7-11-6-12(10(5)17-11)18(15,16)14-9(3)4/h6,8-9,13-14H,7H2,1-5H3. The van der Waals surface area contributed by atoms with Crippen LogP contribution in [0.25, 0.3) is 0 Å². The van der Waals surface area contributed by atoms with Gasteiger partial charge in [0.15, 0.2) is 0 Å². The number of hydrogen-bond donors (Lipinski definition) is 2. The molecule has 0 radical (unpaired) electrons. The lowest BCUT2D eigenvalue weighted by Crippen LogP contribution is -2.30. The van der Waals surface area contributed by atoms with Gasteiger partial charge >= 0.3 is 0 Å². The largest absolute Gasteiger partial charge is 0.464 e. The van der Waals surface area contributed by atoms with E-state index >= 15 is 0 Å². The zero-order valence-corrected chi connectivity index (χ0v) is 12.4. The van der Waals surface area contributed by atoms with E-state index < -0.39 is 10.0 Å². The van der Waals surface area contributed by atoms with E-state index in [9.17, 15) is 8.42 Å². The topological polar surface area (TPSA) is 71.3 Å². The molecule has 6 heteroatoms. The van der Waals surface area contributed by atoms with Gasteiger partial charge in [-0.2, -0.15) is 0 Å². The fourth-order valence-electron chi connectivity index (χ4n) is 1.56. The van der Waals surface area contributed by atoms with Gasteiger partial charge in [0.05, 0.1) is 6.54 Å². The lowest BCUT2D eigenvalue weighted by molar-refractivity contribution is 0.444. The zero-order chi connectivity index (χ0) is 13.9. The summed E-state index contributed by atoms with van der Waals surface area (Å²) in [5.41, 5.74) is 0. The van der Waals surface area contributed by atoms with Crippen LogP contribution in [0.2, 0.25) is 0 Å². The fraction of sp³-hybridized carbons (Fsp3) is 0.667. The molecule has 0 amide bonds. The molecule has 0 saturated carbocycles. The van der Waals surface area contributed by atoms with Gasteiger partial charge in [-0.15, -0.1) is 0 Å². The van der Waals surface area contributed by atoms with E-state index in [0.29, 0.717) is 24.1 Å². The fourth-order valence-corrected chi connectivity index (χ4v) is 3.01. The second-order valence-electron chi connectivity index (χ2n) is 4.94. The van der Waals surface area contributed by atoms with Crippen LogP contribution >= 0.6 is 0 Å². The van der Waals surface area contributed by atoms with Crippen molar-refractivity contribution in [3.05, 3.63) is 17.6 Å². The molecule has 104 valence electrons. The van der Waals surface area contributed by atoms with Crippen LogP contribution in [0.3, 0.4) is 0 Å². The zero-order valence-electron chi connectivity index (χ0n) is 11.6. The molecule has 1 rings (SSSR count). The van der Waals surface area contributed by atoms with E-state index in [4.69, 9.17) is 4.42 Å². The smallest absolute Gasteiger partial charge is 0.244 e. The van der Waals surface area contributed by atoms with Crippen LogP contribution < -0.4 is 10.0 Å². The third-order valence-corrected chi connectivity index (χ3v) is 4.05. The summed E-state index contributed by atoms with van der Waals surface area (Å²) in [6, 6.07) is 1.76. The van der Waals surface area contributed by atoms with Crippen LogP contribution in [-0.2, 0) is 16.6 Å². The van der Waals surface area contributed by atoms with E-state index in [1.165, 1.54) is 0 Å². The number of furan rings is 1. The lowest BCUT2D eigenvalue weighted by atomic mass is 10.3. The second-order valence-corrected chi connectivity index (χ2v) is 6.63. The summed E-state index contributed by atoms with van der Waals surface area (Å²) >= 11 is 0. The monoisotopic (exact) mass is 274 g/mol. The Morgan fingerprint density at radius 2 is 1.83 bits per heavy atom. The molecular formula is C12H22N2O3S. The Balaban J connectivity index is 2.91. The molecule has 1 aromatic heterocycles. The number of nitrogens with one attached hydrogen (secondary N) is 2. The van der Waals surface area contributed by atoms with Crippen molar-refractivity contribution in [3.63, 3.8) is 0 Å². The van der Waals surface area contributed by atoms with Crippen LogP contribution in [0.5, 0.6) is 0 Å². The van der Waals surface area contributed by atoms with Crippen molar-refractivity contribution in [1.82, 2.24) is 10.0 Å². The molecule has 0 saturated heterocycles. The van der Waals surface area contributed by atoms with Crippen molar-refractivity contribution in [2.75, 3.05) is 0 Å². The molecule has 5 nitrogen and oxygen atoms in total. The molecule has 0 aliphatic carbocycles. The van der Waals surface area contributed by atoms with Crippen molar-refractivity contribution in [3.8, 4) is 0 Å². The van der Waals surface area contributed by atoms with Crippen molar-refractivity contribution < 1.29 is 12.8 Å². The first-order valence-electron chi connectivity index (χ1n) is 6.07. The summed E-state index contributed by atoms with van der Waals surface area (Å²) in [5.74, 6) is 1.05. The highest BCUT2D eigenvalue weighted by Gasteiger charge is 2.22. The number of sulfonamides is 1. The van der Waals surface area contributed by atoms with Gasteiger partial charge in [-0.1, -0.05) is 13.8 Å². The molecule has 0 bridgehead atoms. The number of aryl methyl sites for hydroxylation is 1. The molecule has 0 spiro atoms. The summed E-state index contributed by atoms with van der Waals surface area (Å²) in [4.78, 5) is 0.219. The van der Waals surface area contributed by atoms with E-state index in [1.54, 1.807) is 26.8 Å². The molecule has 0 atom stereocenters. The SMILES string of the molecule is Cc1oc(CNC(C)C)cc1S(=O)(=O)NC(C)C. The van der Waals surface area contributed by atoms with Gasteiger partial charge in [-0.3, -0.25) is 0 Å². The minimum atomic E-state index is -3.48. The molecule has 0 aliphatic rings. The predicted octanol–water partition coefficient (Wildman–Crippen LogP) is 1.77. The van der Waals surface area contributed by atoms with Crippen LogP contribution in [0, 0.1) is 6.92 Å². The van der Waals surface area contributed by atoms with Crippen LogP contribution in [0.1, 0.15) is 39.2 Å². The highest BCUT2D eigenvalue weighted by molar-refractivity contribution is 7.89. The Bertz CT molecular complexity index is 489. The van der Waals surface area contributed by atoms with E-state index in [-0.39, 0.29) is 10.9 Å². The average Bonchev–Trinajstić information content (AvgIpc) is 2.55. The van der Waals surface area contributed by atoms with Crippen molar-refractivity contribution in [2.45, 2.75) is 58.1 Å². The van der Waals surface area contributed by atoms with Gasteiger partial charge in [-0.05, 0) is 20.8 Å². The predicted molar refractivity (Wildman–Crippen MR) is 70.9 cm³/mol. The highest BCUT2D eigenvalue weighted by Crippen LogP contribution is 2.20. The molecule has 18 heavy (non-hydrogen) atoms. The summed E-state index contributed by atoms with van der Waals surface area (Å²) in [6.45, 7) is 9.80. The normalized spacial score (nSPS) is 12.6. The van der Waals surface area contributed by atoms with Gasteiger partial charge in [-0.25, -0.2) is 13.1 Å². The second kappa shape index (κ2) is 5.86. The van der Waals surface area contributed by atoms with Crippen LogP contribution in [0.4, 0.5) is 0 Å². The Kier molecular flexibility index (Phi) is 4.95. The van der Waals surface area contributed by atoms with E-state index in [0.717, 1.165) is 0 Å². The van der Waals surface area contributed by atoms with Gasteiger partial charge in [0.2, 0.25) is 10.0 Å². The maximum Gasteiger partial charge on any atom is 0.244 e. The minimum absolute atomic E-state index is 0.137. The first kappa shape index (κ1) is 15.2. The molecule has 2 N–H and O–H groups in total. The summed E-state index contributed by atoms with van der Waals surface area (Å²) in [5, 5.41) is 3.19. The molecule has 1 aromatic rings. The Labute approximate surface area is 109 Å². The summed E-state index contributed by atoms with van der Waals surface area (Å²) in [7, 11) is -3.48. The molecular weight excluding hydrogens is 252 g/mol. The Hall–Kier alpha value is -0.850. The van der Waals surface area contributed by atoms with E-state index in [1.807, 2.05) is 13.8 Å². The minimum Gasteiger partial charge on any atom is -0.464 e. The molecule has 0 fully saturated rings. The lowest BCUT2D eigenvalue weighted by Gasteiger charge is -2.07. The molecule has 0 aromatic carbocycles. The average molecular weight is 274 g/mol. The maximum absolute atomic E-state index is 12.0. The molecule has 1 heterocycles. The van der Waals surface area contributed by atoms with E-state index in [2.05, 4.69) is 10.0 Å². The molecule has 0 aliphatic heterocycles. The number of hydrogen-bond acceptors (Lipinski definition) is 4. The molecule has 0 unspecified atom stereocenters. The van der Waals surface area contributed by atoms with Crippen molar-refractivity contribution >= 4 is 10.0 Å². The van der Waals surface area contributed by atoms with Crippen LogP contribution in [-0.4, -0.2) is 20.5 Å². The quantitative estimate of drug-likeness (QED) is 0.829. The van der Waals surface area contributed by atoms with Crippen molar-refractivity contribution in [1.29, 1.82) is 0 Å². The third-order valence-electron chi connectivity index (χ3n) is 2.29. The first-order chi connectivity index (χ1) is 8.22. The van der Waals surface area contributed by atoms with Gasteiger partial charge < -0.3 is 9.73 Å². The Morgan fingerprint density at radius 3 is 2.33 bits per heavy atom. The summed E-state index contributed by atoms with van der Waals surface area (Å²) in [6.07, 6.45) is 0. The summed E-state index contributed by atoms with van der Waals surface area (Å²) < 4.78 is 32.0. The maximum atomic E-state index is 12.0.